The van der Waals surface area contributed by atoms with Crippen LogP contribution in [0.2, 0.25) is 0 Å². The maximum atomic E-state index is 11.8. The Kier molecular flexibility index (Phi) is 4.37. The Bertz CT molecular complexity index is 217. The lowest BCUT2D eigenvalue weighted by molar-refractivity contribution is -0.123. The lowest BCUT2D eigenvalue weighted by Crippen LogP contribution is -2.22. The molecule has 2 atom stereocenters. The molecule has 2 unspecified atom stereocenters. The Morgan fingerprint density at radius 3 is 2.71 bits per heavy atom. The van der Waals surface area contributed by atoms with Gasteiger partial charge in [-0.05, 0) is 25.7 Å². The highest BCUT2D eigenvalue weighted by Gasteiger charge is 2.25. The highest BCUT2D eigenvalue weighted by Crippen LogP contribution is 2.32. The van der Waals surface area contributed by atoms with Crippen LogP contribution in [-0.4, -0.2) is 5.78 Å². The van der Waals surface area contributed by atoms with Crippen LogP contribution in [0.1, 0.15) is 52.4 Å². The van der Waals surface area contributed by atoms with Gasteiger partial charge in [0.1, 0.15) is 5.78 Å². The van der Waals surface area contributed by atoms with Crippen LogP contribution in [0.3, 0.4) is 0 Å². The van der Waals surface area contributed by atoms with Crippen LogP contribution in [0.5, 0.6) is 0 Å². The molecule has 80 valence electrons. The van der Waals surface area contributed by atoms with E-state index >= 15 is 0 Å². The molecule has 0 spiro atoms. The number of carbonyl (C=O) groups is 1. The van der Waals surface area contributed by atoms with Crippen LogP contribution in [0.25, 0.3) is 0 Å². The van der Waals surface area contributed by atoms with Crippen molar-refractivity contribution >= 4 is 5.78 Å². The number of Topliss-reactive ketones (excluding diaryl/α,β-unsaturated/α-hetero) is 1. The number of allylic oxidation sites excluding steroid dienone is 1. The molecular formula is C13H22O. The third-order valence-corrected chi connectivity index (χ3v) is 3.29. The molecule has 0 N–H and O–H groups in total. The van der Waals surface area contributed by atoms with Crippen LogP contribution < -0.4 is 0 Å². The molecule has 1 aliphatic carbocycles. The highest BCUT2D eigenvalue weighted by molar-refractivity contribution is 5.83. The van der Waals surface area contributed by atoms with Crippen molar-refractivity contribution in [3.05, 3.63) is 12.2 Å². The Labute approximate surface area is 87.6 Å². The molecule has 1 rings (SSSR count). The molecule has 0 aromatic carbocycles. The molecule has 1 aliphatic rings. The van der Waals surface area contributed by atoms with E-state index in [1.165, 1.54) is 19.3 Å². The first kappa shape index (κ1) is 11.5. The normalized spacial score (nSPS) is 27.3. The zero-order chi connectivity index (χ0) is 10.6. The van der Waals surface area contributed by atoms with Crippen molar-refractivity contribution in [1.29, 1.82) is 0 Å². The van der Waals surface area contributed by atoms with Gasteiger partial charge in [-0.1, -0.05) is 38.3 Å². The van der Waals surface area contributed by atoms with Crippen molar-refractivity contribution in [3.8, 4) is 0 Å². The van der Waals surface area contributed by atoms with Crippen LogP contribution >= 0.6 is 0 Å². The summed E-state index contributed by atoms with van der Waals surface area (Å²) in [5.74, 6) is 1.56. The molecule has 1 nitrogen and oxygen atoms in total. The van der Waals surface area contributed by atoms with E-state index in [-0.39, 0.29) is 0 Å². The van der Waals surface area contributed by atoms with Crippen molar-refractivity contribution < 1.29 is 4.79 Å². The molecule has 0 bridgehead atoms. The van der Waals surface area contributed by atoms with Gasteiger partial charge in [0.15, 0.2) is 0 Å². The second-order valence-electron chi connectivity index (χ2n) is 4.74. The second-order valence-corrected chi connectivity index (χ2v) is 4.74. The topological polar surface area (TPSA) is 17.1 Å². The molecule has 0 aliphatic heterocycles. The summed E-state index contributed by atoms with van der Waals surface area (Å²) < 4.78 is 0. The molecule has 0 aromatic heterocycles. The first-order valence-electron chi connectivity index (χ1n) is 5.80. The predicted molar refractivity (Wildman–Crippen MR) is 60.2 cm³/mol. The SMILES string of the molecule is C=C(C)CC(=O)C1CCCC(CC)C1. The summed E-state index contributed by atoms with van der Waals surface area (Å²) in [7, 11) is 0. The first-order valence-corrected chi connectivity index (χ1v) is 5.80. The quantitative estimate of drug-likeness (QED) is 0.623. The number of hydrogen-bond acceptors (Lipinski definition) is 1. The van der Waals surface area contributed by atoms with Gasteiger partial charge in [0.25, 0.3) is 0 Å². The van der Waals surface area contributed by atoms with E-state index in [9.17, 15) is 4.79 Å². The Hall–Kier alpha value is -0.590. The fourth-order valence-electron chi connectivity index (χ4n) is 2.40. The zero-order valence-corrected chi connectivity index (χ0v) is 9.51. The van der Waals surface area contributed by atoms with Gasteiger partial charge in [0.05, 0.1) is 0 Å². The van der Waals surface area contributed by atoms with Crippen molar-refractivity contribution in [1.82, 2.24) is 0 Å². The van der Waals surface area contributed by atoms with E-state index in [1.54, 1.807) is 0 Å². The molecule has 1 heteroatoms. The van der Waals surface area contributed by atoms with Crippen molar-refractivity contribution in [2.75, 3.05) is 0 Å². The highest BCUT2D eigenvalue weighted by atomic mass is 16.1. The molecular weight excluding hydrogens is 172 g/mol. The Morgan fingerprint density at radius 2 is 2.14 bits per heavy atom. The van der Waals surface area contributed by atoms with Crippen LogP contribution in [0, 0.1) is 11.8 Å². The molecule has 0 amide bonds. The molecule has 0 radical (unpaired) electrons. The van der Waals surface area contributed by atoms with Gasteiger partial charge in [0.2, 0.25) is 0 Å². The summed E-state index contributed by atoms with van der Waals surface area (Å²) in [6.07, 6.45) is 6.64. The lowest BCUT2D eigenvalue weighted by atomic mass is 9.77. The summed E-state index contributed by atoms with van der Waals surface area (Å²) in [6.45, 7) is 7.98. The Morgan fingerprint density at radius 1 is 1.43 bits per heavy atom. The summed E-state index contributed by atoms with van der Waals surface area (Å²) in [6, 6.07) is 0. The van der Waals surface area contributed by atoms with E-state index in [0.29, 0.717) is 18.1 Å². The Balaban J connectivity index is 2.43. The van der Waals surface area contributed by atoms with E-state index in [0.717, 1.165) is 24.3 Å². The largest absolute Gasteiger partial charge is 0.299 e. The first-order chi connectivity index (χ1) is 6.63. The molecule has 0 heterocycles. The summed E-state index contributed by atoms with van der Waals surface area (Å²) in [4.78, 5) is 11.8. The second kappa shape index (κ2) is 5.33. The van der Waals surface area contributed by atoms with Gasteiger partial charge in [-0.15, -0.1) is 0 Å². The summed E-state index contributed by atoms with van der Waals surface area (Å²) in [5, 5.41) is 0. The molecule has 1 saturated carbocycles. The minimum Gasteiger partial charge on any atom is -0.299 e. The third-order valence-electron chi connectivity index (χ3n) is 3.29. The fourth-order valence-corrected chi connectivity index (χ4v) is 2.40. The number of ketones is 1. The van der Waals surface area contributed by atoms with Crippen LogP contribution in [-0.2, 0) is 4.79 Å². The van der Waals surface area contributed by atoms with Gasteiger partial charge in [0, 0.05) is 12.3 Å². The standard InChI is InChI=1S/C13H22O/c1-4-11-6-5-7-12(9-11)13(14)8-10(2)3/h11-12H,2,4-9H2,1,3H3. The average molecular weight is 194 g/mol. The van der Waals surface area contributed by atoms with E-state index < -0.39 is 0 Å². The number of carbonyl (C=O) groups excluding carboxylic acids is 1. The predicted octanol–water partition coefficient (Wildman–Crippen LogP) is 3.74. The maximum Gasteiger partial charge on any atom is 0.139 e. The summed E-state index contributed by atoms with van der Waals surface area (Å²) in [5.41, 5.74) is 1.01. The monoisotopic (exact) mass is 194 g/mol. The molecule has 1 fully saturated rings. The van der Waals surface area contributed by atoms with Crippen molar-refractivity contribution in [2.45, 2.75) is 52.4 Å². The minimum atomic E-state index is 0.338. The maximum absolute atomic E-state index is 11.8. The summed E-state index contributed by atoms with van der Waals surface area (Å²) >= 11 is 0. The third kappa shape index (κ3) is 3.28. The van der Waals surface area contributed by atoms with Gasteiger partial charge in [-0.2, -0.15) is 0 Å². The molecule has 14 heavy (non-hydrogen) atoms. The zero-order valence-electron chi connectivity index (χ0n) is 9.51. The van der Waals surface area contributed by atoms with Crippen molar-refractivity contribution in [2.24, 2.45) is 11.8 Å². The van der Waals surface area contributed by atoms with Gasteiger partial charge in [-0.25, -0.2) is 0 Å². The van der Waals surface area contributed by atoms with E-state index in [2.05, 4.69) is 13.5 Å². The van der Waals surface area contributed by atoms with Crippen LogP contribution in [0.15, 0.2) is 12.2 Å². The smallest absolute Gasteiger partial charge is 0.139 e. The molecule has 0 aromatic rings. The van der Waals surface area contributed by atoms with E-state index in [4.69, 9.17) is 0 Å². The van der Waals surface area contributed by atoms with Gasteiger partial charge in [-0.3, -0.25) is 4.79 Å². The van der Waals surface area contributed by atoms with Crippen LogP contribution in [0.4, 0.5) is 0 Å². The van der Waals surface area contributed by atoms with Crippen molar-refractivity contribution in [3.63, 3.8) is 0 Å². The number of rotatable bonds is 4. The van der Waals surface area contributed by atoms with Gasteiger partial charge < -0.3 is 0 Å². The average Bonchev–Trinajstić information content (AvgIpc) is 2.17. The van der Waals surface area contributed by atoms with E-state index in [1.807, 2.05) is 6.92 Å². The molecule has 0 saturated heterocycles. The minimum absolute atomic E-state index is 0.338. The fraction of sp³-hybridized carbons (Fsp3) is 0.769. The lowest BCUT2D eigenvalue weighted by Gasteiger charge is -2.27. The van der Waals surface area contributed by atoms with Gasteiger partial charge >= 0.3 is 0 Å². The number of hydrogen-bond donors (Lipinski definition) is 0.